The highest BCUT2D eigenvalue weighted by molar-refractivity contribution is 5.67. The summed E-state index contributed by atoms with van der Waals surface area (Å²) in [5, 5.41) is 0. The summed E-state index contributed by atoms with van der Waals surface area (Å²) in [5.74, 6) is 0. The number of rotatable bonds is 1. The quantitative estimate of drug-likeness (QED) is 0.598. The molecule has 1 fully saturated rings. The van der Waals surface area contributed by atoms with E-state index in [0.29, 0.717) is 6.73 Å². The molecule has 12 heavy (non-hydrogen) atoms. The van der Waals surface area contributed by atoms with Crippen LogP contribution in [-0.2, 0) is 9.47 Å². The van der Waals surface area contributed by atoms with Gasteiger partial charge < -0.3 is 9.47 Å². The van der Waals surface area contributed by atoms with E-state index in [1.807, 2.05) is 13.8 Å². The van der Waals surface area contributed by atoms with Crippen LogP contribution < -0.4 is 0 Å². The van der Waals surface area contributed by atoms with E-state index < -0.39 is 0 Å². The molecule has 0 aromatic rings. The second-order valence-electron chi connectivity index (χ2n) is 3.09. The first-order valence-electron chi connectivity index (χ1n) is 4.23. The third-order valence-electron chi connectivity index (χ3n) is 1.56. The summed E-state index contributed by atoms with van der Waals surface area (Å²) in [7, 11) is 0. The summed E-state index contributed by atoms with van der Waals surface area (Å²) >= 11 is 0. The molecule has 0 N–H and O–H groups in total. The maximum Gasteiger partial charge on any atom is 0.411 e. The summed E-state index contributed by atoms with van der Waals surface area (Å²) < 4.78 is 10.1. The van der Waals surface area contributed by atoms with Crippen LogP contribution in [0.1, 0.15) is 20.3 Å². The zero-order chi connectivity index (χ0) is 8.97. The van der Waals surface area contributed by atoms with Gasteiger partial charge in [0.2, 0.25) is 0 Å². The predicted molar refractivity (Wildman–Crippen MR) is 43.8 cm³/mol. The molecule has 1 heterocycles. The molecule has 4 heteroatoms. The Labute approximate surface area is 72.4 Å². The topological polar surface area (TPSA) is 38.8 Å². The Morgan fingerprint density at radius 3 is 2.83 bits per heavy atom. The lowest BCUT2D eigenvalue weighted by atomic mass is 10.4. The Morgan fingerprint density at radius 2 is 2.33 bits per heavy atom. The number of hydrogen-bond donors (Lipinski definition) is 0. The van der Waals surface area contributed by atoms with Crippen LogP contribution in [-0.4, -0.2) is 37.0 Å². The molecule has 0 spiro atoms. The first-order chi connectivity index (χ1) is 5.70. The third-order valence-corrected chi connectivity index (χ3v) is 1.56. The van der Waals surface area contributed by atoms with Gasteiger partial charge in [-0.05, 0) is 20.3 Å². The zero-order valence-electron chi connectivity index (χ0n) is 7.58. The van der Waals surface area contributed by atoms with Gasteiger partial charge in [-0.3, -0.25) is 4.90 Å². The van der Waals surface area contributed by atoms with Crippen molar-refractivity contribution in [3.63, 3.8) is 0 Å². The van der Waals surface area contributed by atoms with Gasteiger partial charge in [0.15, 0.2) is 0 Å². The van der Waals surface area contributed by atoms with Crippen molar-refractivity contribution in [2.24, 2.45) is 0 Å². The Hall–Kier alpha value is -0.770. The fourth-order valence-electron chi connectivity index (χ4n) is 1.02. The number of carbonyl (C=O) groups is 1. The van der Waals surface area contributed by atoms with Gasteiger partial charge in [0.25, 0.3) is 0 Å². The van der Waals surface area contributed by atoms with E-state index in [9.17, 15) is 4.79 Å². The zero-order valence-corrected chi connectivity index (χ0v) is 7.58. The van der Waals surface area contributed by atoms with Crippen LogP contribution in [0.5, 0.6) is 0 Å². The Kier molecular flexibility index (Phi) is 3.34. The minimum absolute atomic E-state index is 0.0561. The van der Waals surface area contributed by atoms with Crippen molar-refractivity contribution in [3.05, 3.63) is 0 Å². The lowest BCUT2D eigenvalue weighted by Crippen LogP contribution is -2.39. The van der Waals surface area contributed by atoms with Crippen molar-refractivity contribution in [1.29, 1.82) is 0 Å². The Morgan fingerprint density at radius 1 is 1.58 bits per heavy atom. The summed E-state index contributed by atoms with van der Waals surface area (Å²) in [6.07, 6.45) is 0.567. The molecule has 1 aliphatic heterocycles. The molecular weight excluding hydrogens is 158 g/mol. The number of amides is 1. The highest BCUT2D eigenvalue weighted by Gasteiger charge is 2.18. The van der Waals surface area contributed by atoms with Crippen molar-refractivity contribution in [2.45, 2.75) is 26.4 Å². The summed E-state index contributed by atoms with van der Waals surface area (Å²) in [6.45, 7) is 5.52. The van der Waals surface area contributed by atoms with E-state index in [1.54, 1.807) is 4.90 Å². The minimum atomic E-state index is -0.273. The first kappa shape index (κ1) is 9.32. The first-order valence-corrected chi connectivity index (χ1v) is 4.23. The molecule has 70 valence electrons. The number of hydrogen-bond acceptors (Lipinski definition) is 3. The van der Waals surface area contributed by atoms with Gasteiger partial charge in [-0.15, -0.1) is 0 Å². The summed E-state index contributed by atoms with van der Waals surface area (Å²) in [5.41, 5.74) is 0. The van der Waals surface area contributed by atoms with E-state index in [-0.39, 0.29) is 12.2 Å². The van der Waals surface area contributed by atoms with Crippen LogP contribution in [0.3, 0.4) is 0 Å². The lowest BCUT2D eigenvalue weighted by Gasteiger charge is -2.26. The van der Waals surface area contributed by atoms with Gasteiger partial charge in [0.1, 0.15) is 6.73 Å². The van der Waals surface area contributed by atoms with Crippen LogP contribution in [0.4, 0.5) is 4.79 Å². The smallest absolute Gasteiger partial charge is 0.411 e. The molecule has 4 nitrogen and oxygen atoms in total. The molecule has 0 unspecified atom stereocenters. The molecule has 1 saturated heterocycles. The van der Waals surface area contributed by atoms with Gasteiger partial charge in [-0.25, -0.2) is 4.79 Å². The molecule has 0 radical (unpaired) electrons. The molecule has 0 aromatic carbocycles. The lowest BCUT2D eigenvalue weighted by molar-refractivity contribution is -0.0197. The average molecular weight is 173 g/mol. The SMILES string of the molecule is CC(C)OC(=O)N1CCCOC1. The highest BCUT2D eigenvalue weighted by Crippen LogP contribution is 2.04. The molecule has 1 amide bonds. The van der Waals surface area contributed by atoms with Crippen molar-refractivity contribution >= 4 is 6.09 Å². The Bertz CT molecular complexity index is 152. The van der Waals surface area contributed by atoms with E-state index >= 15 is 0 Å². The second-order valence-corrected chi connectivity index (χ2v) is 3.09. The molecule has 0 saturated carbocycles. The van der Waals surface area contributed by atoms with Crippen molar-refractivity contribution < 1.29 is 14.3 Å². The molecule has 0 aliphatic carbocycles. The van der Waals surface area contributed by atoms with E-state index in [4.69, 9.17) is 9.47 Å². The molecular formula is C8H15NO3. The van der Waals surface area contributed by atoms with Crippen molar-refractivity contribution in [2.75, 3.05) is 19.9 Å². The largest absolute Gasteiger partial charge is 0.447 e. The molecule has 0 bridgehead atoms. The second kappa shape index (κ2) is 4.30. The predicted octanol–water partition coefficient (Wildman–Crippen LogP) is 1.21. The maximum atomic E-state index is 11.2. The van der Waals surface area contributed by atoms with Gasteiger partial charge >= 0.3 is 6.09 Å². The molecule has 1 rings (SSSR count). The van der Waals surface area contributed by atoms with Crippen LogP contribution in [0.25, 0.3) is 0 Å². The van der Waals surface area contributed by atoms with Gasteiger partial charge in [-0.1, -0.05) is 0 Å². The van der Waals surface area contributed by atoms with E-state index in [2.05, 4.69) is 0 Å². The number of nitrogens with zero attached hydrogens (tertiary/aromatic N) is 1. The fraction of sp³-hybridized carbons (Fsp3) is 0.875. The van der Waals surface area contributed by atoms with E-state index in [0.717, 1.165) is 19.6 Å². The number of carbonyl (C=O) groups excluding carboxylic acids is 1. The standard InChI is InChI=1S/C8H15NO3/c1-7(2)12-8(10)9-4-3-5-11-6-9/h7H,3-6H2,1-2H3. The monoisotopic (exact) mass is 173 g/mol. The number of ether oxygens (including phenoxy) is 2. The van der Waals surface area contributed by atoms with Crippen molar-refractivity contribution in [3.8, 4) is 0 Å². The summed E-state index contributed by atoms with van der Waals surface area (Å²) in [4.78, 5) is 12.8. The van der Waals surface area contributed by atoms with Crippen molar-refractivity contribution in [1.82, 2.24) is 4.90 Å². The molecule has 1 aliphatic rings. The van der Waals surface area contributed by atoms with Crippen LogP contribution in [0.2, 0.25) is 0 Å². The van der Waals surface area contributed by atoms with Crippen LogP contribution >= 0.6 is 0 Å². The third kappa shape index (κ3) is 2.70. The van der Waals surface area contributed by atoms with Gasteiger partial charge in [0, 0.05) is 6.54 Å². The van der Waals surface area contributed by atoms with Gasteiger partial charge in [-0.2, -0.15) is 0 Å². The fourth-order valence-corrected chi connectivity index (χ4v) is 1.02. The average Bonchev–Trinajstić information content (AvgIpc) is 2.05. The Balaban J connectivity index is 2.30. The highest BCUT2D eigenvalue weighted by atomic mass is 16.6. The summed E-state index contributed by atoms with van der Waals surface area (Å²) in [6, 6.07) is 0. The maximum absolute atomic E-state index is 11.2. The molecule has 0 atom stereocenters. The minimum Gasteiger partial charge on any atom is -0.447 e. The van der Waals surface area contributed by atoms with Crippen LogP contribution in [0, 0.1) is 0 Å². The van der Waals surface area contributed by atoms with Gasteiger partial charge in [0.05, 0.1) is 12.7 Å². The molecule has 0 aromatic heterocycles. The normalized spacial score (nSPS) is 18.1. The van der Waals surface area contributed by atoms with E-state index in [1.165, 1.54) is 0 Å². The van der Waals surface area contributed by atoms with Crippen LogP contribution in [0.15, 0.2) is 0 Å².